The van der Waals surface area contributed by atoms with Gasteiger partial charge in [-0.2, -0.15) is 5.26 Å². The Hall–Kier alpha value is -8.43. The van der Waals surface area contributed by atoms with Crippen molar-refractivity contribution in [2.75, 3.05) is 0 Å². The molecule has 160 valence electrons. The smallest absolute Gasteiger partial charge is 0.153 e. The van der Waals surface area contributed by atoms with E-state index in [1.807, 2.05) is 0 Å². The molecule has 0 unspecified atom stereocenters. The number of hydrogen-bond acceptors (Lipinski definition) is 1. The van der Waals surface area contributed by atoms with E-state index in [-0.39, 0.29) is 0 Å². The second-order valence-corrected chi connectivity index (χ2v) is 4.74. The largest absolute Gasteiger partial charge is 0.183 e. The second-order valence-electron chi connectivity index (χ2n) is 4.74. The first-order valence-electron chi connectivity index (χ1n) is 9.72. The molecule has 0 atom stereocenters. The summed E-state index contributed by atoms with van der Waals surface area (Å²) in [4.78, 5) is 0. The van der Waals surface area contributed by atoms with Gasteiger partial charge < -0.3 is 0 Å². The van der Waals surface area contributed by atoms with Gasteiger partial charge in [0.25, 0.3) is 0 Å². The maximum atomic E-state index is 8.17. The van der Waals surface area contributed by atoms with E-state index in [9.17, 15) is 0 Å². The molecule has 0 aliphatic heterocycles. The normalized spacial score (nSPS) is 3.90. The van der Waals surface area contributed by atoms with Gasteiger partial charge >= 0.3 is 0 Å². The third kappa shape index (κ3) is 29.6. The molecule has 0 aliphatic rings. The summed E-state index contributed by atoms with van der Waals surface area (Å²) in [5.41, 5.74) is 0. The Morgan fingerprint density at radius 3 is 0.462 bits per heavy atom. The van der Waals surface area contributed by atoms with Gasteiger partial charge in [-0.15, -0.1) is 0 Å². The molecular formula is C38H3N. The average molecular weight is 473 g/mol. The van der Waals surface area contributed by atoms with Crippen molar-refractivity contribution in [2.24, 2.45) is 0 Å². The van der Waals surface area contributed by atoms with E-state index in [0.717, 1.165) is 0 Å². The quantitative estimate of drug-likeness (QED) is 0.473. The molecule has 0 rings (SSSR count). The molecule has 0 aromatic rings. The van der Waals surface area contributed by atoms with Crippen LogP contribution in [-0.2, 0) is 0 Å². The lowest BCUT2D eigenvalue weighted by molar-refractivity contribution is 1.55. The zero-order valence-electron chi connectivity index (χ0n) is 19.9. The Morgan fingerprint density at radius 2 is 0.333 bits per heavy atom. The van der Waals surface area contributed by atoms with Crippen molar-refractivity contribution in [3.05, 3.63) is 0 Å². The molecule has 0 aromatic carbocycles. The third-order valence-corrected chi connectivity index (χ3v) is 2.31. The number of nitrogens with zero attached hydrogens (tertiary/aromatic N) is 1. The van der Waals surface area contributed by atoms with Crippen LogP contribution in [-0.4, -0.2) is 0 Å². The molecule has 0 fully saturated rings. The highest BCUT2D eigenvalue weighted by Crippen LogP contribution is 1.61. The van der Waals surface area contributed by atoms with Crippen molar-refractivity contribution in [1.29, 1.82) is 5.26 Å². The molecule has 0 aromatic heterocycles. The van der Waals surface area contributed by atoms with E-state index < -0.39 is 0 Å². The number of hydrogen-bond donors (Lipinski definition) is 0. The molecule has 0 spiro atoms. The van der Waals surface area contributed by atoms with Crippen LogP contribution in [0.25, 0.3) is 0 Å². The van der Waals surface area contributed by atoms with Crippen LogP contribution in [0.2, 0.25) is 0 Å². The first-order valence-corrected chi connectivity index (χ1v) is 9.72. The summed E-state index contributed by atoms with van der Waals surface area (Å²) in [7, 11) is 0. The molecular weight excluding hydrogens is 470 g/mol. The zero-order valence-corrected chi connectivity index (χ0v) is 19.9. The van der Waals surface area contributed by atoms with E-state index >= 15 is 0 Å². The highest BCUT2D eigenvalue weighted by atomic mass is 14.2. The summed E-state index contributed by atoms with van der Waals surface area (Å²) < 4.78 is 0. The molecule has 0 heterocycles. The topological polar surface area (TPSA) is 23.8 Å². The highest BCUT2D eigenvalue weighted by Gasteiger charge is 1.61. The lowest BCUT2D eigenvalue weighted by Crippen LogP contribution is -1.57. The third-order valence-electron chi connectivity index (χ3n) is 2.31. The lowest BCUT2D eigenvalue weighted by atomic mass is 10.4. The molecule has 1 nitrogen and oxygen atoms in total. The molecule has 0 aliphatic carbocycles. The number of rotatable bonds is 0. The Kier molecular flexibility index (Phi) is 23.2. The SMILES string of the molecule is CC#CC#CC#CC#CC#CC#CC#CC#CC#CC#CC#CC#CC#CC#CC#CC#CC#CC#CC#N. The van der Waals surface area contributed by atoms with Crippen LogP contribution in [0.4, 0.5) is 0 Å². The molecule has 0 amide bonds. The van der Waals surface area contributed by atoms with Crippen molar-refractivity contribution in [2.45, 2.75) is 6.92 Å². The van der Waals surface area contributed by atoms with E-state index in [1.54, 1.807) is 13.0 Å². The molecule has 39 heavy (non-hydrogen) atoms. The predicted octanol–water partition coefficient (Wildman–Crippen LogP) is 0.591. The molecule has 0 saturated carbocycles. The van der Waals surface area contributed by atoms with E-state index in [1.165, 1.54) is 0 Å². The van der Waals surface area contributed by atoms with Gasteiger partial charge in [-0.1, -0.05) is 5.92 Å². The van der Waals surface area contributed by atoms with Crippen LogP contribution >= 0.6 is 0 Å². The Labute approximate surface area is 231 Å². The maximum Gasteiger partial charge on any atom is 0.153 e. The van der Waals surface area contributed by atoms with Crippen LogP contribution in [0.5, 0.6) is 0 Å². The fourth-order valence-electron chi connectivity index (χ4n) is 1.12. The van der Waals surface area contributed by atoms with Crippen LogP contribution in [0, 0.1) is 224 Å². The summed E-state index contributed by atoms with van der Waals surface area (Å²) >= 11 is 0. The number of nitriles is 1. The van der Waals surface area contributed by atoms with Gasteiger partial charge in [0.2, 0.25) is 0 Å². The van der Waals surface area contributed by atoms with Gasteiger partial charge in [0.05, 0.1) is 0 Å². The predicted molar refractivity (Wildman–Crippen MR) is 151 cm³/mol. The highest BCUT2D eigenvalue weighted by molar-refractivity contribution is 5.49. The van der Waals surface area contributed by atoms with Gasteiger partial charge in [0.15, 0.2) is 6.07 Å². The Balaban J connectivity index is 4.52. The standard InChI is InChI=1S/C38H3N/c1-2-3-4-5-6-7-8-9-10-11-12-13-14-15-16-17-18-19-20-21-22-23-24-25-26-27-28-29-30-31-32-33-34-35-36-37-38-39/h1H3. The minimum Gasteiger partial charge on any atom is -0.183 e. The fraction of sp³-hybridized carbons (Fsp3) is 0.0263. The van der Waals surface area contributed by atoms with Crippen molar-refractivity contribution in [3.63, 3.8) is 0 Å². The van der Waals surface area contributed by atoms with Crippen molar-refractivity contribution in [3.8, 4) is 219 Å². The summed E-state index contributed by atoms with van der Waals surface area (Å²) in [6, 6.07) is 1.63. The van der Waals surface area contributed by atoms with Crippen LogP contribution < -0.4 is 0 Å². The van der Waals surface area contributed by atoms with Crippen molar-refractivity contribution >= 4 is 0 Å². The zero-order chi connectivity index (χ0) is 28.2. The summed E-state index contributed by atoms with van der Waals surface area (Å²) in [6.45, 7) is 1.69. The van der Waals surface area contributed by atoms with Gasteiger partial charge in [0, 0.05) is 160 Å². The van der Waals surface area contributed by atoms with Crippen LogP contribution in [0.15, 0.2) is 0 Å². The average Bonchev–Trinajstić information content (AvgIpc) is 2.95. The van der Waals surface area contributed by atoms with Crippen LogP contribution in [0.3, 0.4) is 0 Å². The van der Waals surface area contributed by atoms with Gasteiger partial charge in [0.1, 0.15) is 0 Å². The summed E-state index contributed by atoms with van der Waals surface area (Å²) in [5, 5.41) is 8.17. The molecule has 1 heteroatoms. The molecule has 0 radical (unpaired) electrons. The summed E-state index contributed by atoms with van der Waals surface area (Å²) in [5.74, 6) is 89.0. The molecule has 0 N–H and O–H groups in total. The minimum absolute atomic E-state index is 1.63. The fourth-order valence-corrected chi connectivity index (χ4v) is 1.12. The van der Waals surface area contributed by atoms with Gasteiger partial charge in [-0.3, -0.25) is 0 Å². The molecule has 0 saturated heterocycles. The molecule has 0 bridgehead atoms. The Bertz CT molecular complexity index is 2220. The minimum atomic E-state index is 1.63. The van der Waals surface area contributed by atoms with E-state index in [2.05, 4.69) is 213 Å². The second kappa shape index (κ2) is 29.6. The first kappa shape index (κ1) is 30.6. The first-order chi connectivity index (χ1) is 19.4. The van der Waals surface area contributed by atoms with Crippen LogP contribution in [0.1, 0.15) is 6.92 Å². The van der Waals surface area contributed by atoms with E-state index in [0.29, 0.717) is 0 Å². The van der Waals surface area contributed by atoms with E-state index in [4.69, 9.17) is 5.26 Å². The van der Waals surface area contributed by atoms with Crippen molar-refractivity contribution in [1.82, 2.24) is 0 Å². The van der Waals surface area contributed by atoms with Crippen molar-refractivity contribution < 1.29 is 0 Å². The summed E-state index contributed by atoms with van der Waals surface area (Å²) in [6.07, 6.45) is 0. The van der Waals surface area contributed by atoms with Gasteiger partial charge in [-0.05, 0) is 54.3 Å². The maximum absolute atomic E-state index is 8.17. The lowest BCUT2D eigenvalue weighted by Gasteiger charge is -1.57. The monoisotopic (exact) mass is 473 g/mol. The Morgan fingerprint density at radius 1 is 0.205 bits per heavy atom. The van der Waals surface area contributed by atoms with Gasteiger partial charge in [-0.25, -0.2) is 0 Å².